The smallest absolute Gasteiger partial charge is 0.109 e. The average molecular weight is 280 g/mol. The molecule has 4 rings (SSSR count). The lowest BCUT2D eigenvalue weighted by Crippen LogP contribution is -2.94. The lowest BCUT2D eigenvalue weighted by molar-refractivity contribution is -0.741. The molecule has 0 unspecified atom stereocenters. The van der Waals surface area contributed by atoms with Crippen LogP contribution in [0.5, 0.6) is 0 Å². The summed E-state index contributed by atoms with van der Waals surface area (Å²) in [7, 11) is 0. The van der Waals surface area contributed by atoms with Gasteiger partial charge in [-0.1, -0.05) is 24.3 Å². The molecular weight excluding hydrogens is 258 g/mol. The minimum Gasteiger partial charge on any atom is -0.337 e. The van der Waals surface area contributed by atoms with Crippen LogP contribution < -0.4 is 5.32 Å². The molecule has 1 aromatic carbocycles. The van der Waals surface area contributed by atoms with Crippen LogP contribution in [-0.2, 0) is 0 Å². The molecule has 0 bridgehead atoms. The fourth-order valence-electron chi connectivity index (χ4n) is 3.83. The van der Waals surface area contributed by atoms with E-state index in [0.717, 1.165) is 17.9 Å². The standard InChI is InChI=1S/C18H21N3/c1-13(20-18-11-15-3-2-4-17(15)18)14-5-7-16(8-6-14)21-10-9-19-12-21/h2,4-10,12-13,15,17-18,20H,3,11H2,1H3/p+1/t13-,15+,17-,18+/m0/s1. The topological polar surface area (TPSA) is 34.4 Å². The van der Waals surface area contributed by atoms with Crippen molar-refractivity contribution in [3.63, 3.8) is 0 Å². The van der Waals surface area contributed by atoms with Crippen molar-refractivity contribution in [2.24, 2.45) is 11.8 Å². The highest BCUT2D eigenvalue weighted by Gasteiger charge is 2.44. The lowest BCUT2D eigenvalue weighted by Gasteiger charge is -2.39. The molecule has 0 amide bonds. The van der Waals surface area contributed by atoms with E-state index in [1.165, 1.54) is 24.1 Å². The predicted octanol–water partition coefficient (Wildman–Crippen LogP) is 2.46. The molecule has 1 fully saturated rings. The van der Waals surface area contributed by atoms with Crippen LogP contribution in [0.4, 0.5) is 0 Å². The van der Waals surface area contributed by atoms with Gasteiger partial charge in [-0.3, -0.25) is 0 Å². The van der Waals surface area contributed by atoms with Crippen molar-refractivity contribution in [2.75, 3.05) is 0 Å². The number of aromatic nitrogens is 2. The SMILES string of the molecule is C[C@H]([NH2+][C@@H]1C[C@H]2CC=C[C@@H]21)c1ccc(-n2ccnc2)cc1. The molecule has 2 aliphatic carbocycles. The maximum Gasteiger partial charge on any atom is 0.109 e. The predicted molar refractivity (Wildman–Crippen MR) is 83.0 cm³/mol. The molecular formula is C18H22N3+. The molecule has 21 heavy (non-hydrogen) atoms. The number of imidazole rings is 1. The van der Waals surface area contributed by atoms with Gasteiger partial charge in [0.1, 0.15) is 6.04 Å². The summed E-state index contributed by atoms with van der Waals surface area (Å²) < 4.78 is 2.04. The first-order chi connectivity index (χ1) is 10.3. The van der Waals surface area contributed by atoms with Crippen LogP contribution in [-0.4, -0.2) is 15.6 Å². The van der Waals surface area contributed by atoms with Gasteiger partial charge in [-0.15, -0.1) is 0 Å². The van der Waals surface area contributed by atoms with E-state index in [9.17, 15) is 0 Å². The van der Waals surface area contributed by atoms with Crippen LogP contribution in [0, 0.1) is 11.8 Å². The number of rotatable bonds is 4. The summed E-state index contributed by atoms with van der Waals surface area (Å²) in [6.45, 7) is 2.32. The lowest BCUT2D eigenvalue weighted by atomic mass is 9.71. The van der Waals surface area contributed by atoms with E-state index < -0.39 is 0 Å². The Morgan fingerprint density at radius 1 is 1.29 bits per heavy atom. The van der Waals surface area contributed by atoms with Crippen molar-refractivity contribution < 1.29 is 5.32 Å². The number of hydrogen-bond acceptors (Lipinski definition) is 1. The van der Waals surface area contributed by atoms with Crippen LogP contribution in [0.3, 0.4) is 0 Å². The fourth-order valence-corrected chi connectivity index (χ4v) is 3.83. The highest BCUT2D eigenvalue weighted by atomic mass is 15.0. The zero-order chi connectivity index (χ0) is 14.2. The molecule has 0 aliphatic heterocycles. The molecule has 1 saturated carbocycles. The van der Waals surface area contributed by atoms with E-state index in [2.05, 4.69) is 53.6 Å². The highest BCUT2D eigenvalue weighted by molar-refractivity contribution is 5.35. The summed E-state index contributed by atoms with van der Waals surface area (Å²) in [6.07, 6.45) is 13.1. The molecule has 3 nitrogen and oxygen atoms in total. The number of nitrogens with two attached hydrogens (primary N) is 1. The van der Waals surface area contributed by atoms with Crippen LogP contribution in [0.2, 0.25) is 0 Å². The first-order valence-electron chi connectivity index (χ1n) is 7.91. The molecule has 1 aromatic heterocycles. The van der Waals surface area contributed by atoms with Gasteiger partial charge in [0.05, 0.1) is 12.4 Å². The zero-order valence-electron chi connectivity index (χ0n) is 12.4. The summed E-state index contributed by atoms with van der Waals surface area (Å²) in [5.41, 5.74) is 2.58. The Balaban J connectivity index is 1.42. The second-order valence-electron chi connectivity index (χ2n) is 6.44. The van der Waals surface area contributed by atoms with Crippen molar-refractivity contribution in [2.45, 2.75) is 31.8 Å². The molecule has 2 aromatic rings. The van der Waals surface area contributed by atoms with E-state index in [0.29, 0.717) is 6.04 Å². The Kier molecular flexibility index (Phi) is 3.15. The highest BCUT2D eigenvalue weighted by Crippen LogP contribution is 2.41. The van der Waals surface area contributed by atoms with Gasteiger partial charge in [-0.25, -0.2) is 4.98 Å². The van der Waals surface area contributed by atoms with Crippen LogP contribution in [0.1, 0.15) is 31.4 Å². The van der Waals surface area contributed by atoms with E-state index in [1.54, 1.807) is 0 Å². The Morgan fingerprint density at radius 3 is 2.86 bits per heavy atom. The van der Waals surface area contributed by atoms with Crippen molar-refractivity contribution in [3.8, 4) is 5.69 Å². The van der Waals surface area contributed by atoms with Gasteiger partial charge in [-0.2, -0.15) is 0 Å². The van der Waals surface area contributed by atoms with Gasteiger partial charge in [0.2, 0.25) is 0 Å². The molecule has 0 saturated heterocycles. The molecule has 0 spiro atoms. The molecule has 1 heterocycles. The van der Waals surface area contributed by atoms with Gasteiger partial charge in [0.15, 0.2) is 0 Å². The largest absolute Gasteiger partial charge is 0.337 e. The van der Waals surface area contributed by atoms with E-state index in [-0.39, 0.29) is 0 Å². The number of nitrogens with zero attached hydrogens (tertiary/aromatic N) is 2. The summed E-state index contributed by atoms with van der Waals surface area (Å²) >= 11 is 0. The van der Waals surface area contributed by atoms with Gasteiger partial charge >= 0.3 is 0 Å². The molecule has 108 valence electrons. The Morgan fingerprint density at radius 2 is 2.14 bits per heavy atom. The van der Waals surface area contributed by atoms with Crippen LogP contribution >= 0.6 is 0 Å². The molecule has 3 heteroatoms. The summed E-state index contributed by atoms with van der Waals surface area (Å²) in [4.78, 5) is 4.10. The Bertz CT molecular complexity index is 627. The van der Waals surface area contributed by atoms with E-state index in [4.69, 9.17) is 0 Å². The third kappa shape index (κ3) is 2.32. The van der Waals surface area contributed by atoms with Crippen LogP contribution in [0.25, 0.3) is 5.69 Å². The third-order valence-electron chi connectivity index (χ3n) is 5.17. The molecule has 0 radical (unpaired) electrons. The van der Waals surface area contributed by atoms with Gasteiger partial charge in [0.25, 0.3) is 0 Å². The van der Waals surface area contributed by atoms with Gasteiger partial charge in [0, 0.05) is 36.0 Å². The number of quaternary nitrogens is 1. The first-order valence-corrected chi connectivity index (χ1v) is 7.91. The summed E-state index contributed by atoms with van der Waals surface area (Å²) in [6, 6.07) is 10.2. The Labute approximate surface area is 125 Å². The quantitative estimate of drug-likeness (QED) is 0.858. The second kappa shape index (κ2) is 5.15. The maximum atomic E-state index is 4.10. The first kappa shape index (κ1) is 12.8. The van der Waals surface area contributed by atoms with Gasteiger partial charge < -0.3 is 9.88 Å². The third-order valence-corrected chi connectivity index (χ3v) is 5.17. The fraction of sp³-hybridized carbons (Fsp3) is 0.389. The van der Waals surface area contributed by atoms with Crippen molar-refractivity contribution in [1.29, 1.82) is 0 Å². The minimum absolute atomic E-state index is 0.529. The molecule has 2 aliphatic rings. The number of benzene rings is 1. The van der Waals surface area contributed by atoms with Crippen LogP contribution in [0.15, 0.2) is 55.1 Å². The van der Waals surface area contributed by atoms with Crippen molar-refractivity contribution in [3.05, 3.63) is 60.7 Å². The van der Waals surface area contributed by atoms with Crippen molar-refractivity contribution in [1.82, 2.24) is 9.55 Å². The van der Waals surface area contributed by atoms with Crippen molar-refractivity contribution >= 4 is 0 Å². The number of hydrogen-bond donors (Lipinski definition) is 1. The monoisotopic (exact) mass is 280 g/mol. The molecule has 2 N–H and O–H groups in total. The average Bonchev–Trinajstić information content (AvgIpc) is 3.14. The number of allylic oxidation sites excluding steroid dienone is 1. The van der Waals surface area contributed by atoms with E-state index >= 15 is 0 Å². The molecule has 4 atom stereocenters. The second-order valence-corrected chi connectivity index (χ2v) is 6.44. The minimum atomic E-state index is 0.529. The normalized spacial score (nSPS) is 28.1. The Hall–Kier alpha value is -1.87. The van der Waals surface area contributed by atoms with Gasteiger partial charge in [-0.05, 0) is 31.4 Å². The number of fused-ring (bicyclic) bond motifs is 1. The van der Waals surface area contributed by atoms with E-state index in [1.807, 2.05) is 23.3 Å². The summed E-state index contributed by atoms with van der Waals surface area (Å²) in [5, 5.41) is 2.56. The maximum absolute atomic E-state index is 4.10. The summed E-state index contributed by atoms with van der Waals surface area (Å²) in [5.74, 6) is 1.78. The zero-order valence-corrected chi connectivity index (χ0v) is 12.4.